The summed E-state index contributed by atoms with van der Waals surface area (Å²) in [4.78, 5) is 23.7. The molecule has 0 aliphatic heterocycles. The molecule has 0 saturated heterocycles. The highest BCUT2D eigenvalue weighted by atomic mass is 16.1. The predicted molar refractivity (Wildman–Crippen MR) is 187 cm³/mol. The van der Waals surface area contributed by atoms with E-state index in [0.29, 0.717) is 12.0 Å². The van der Waals surface area contributed by atoms with E-state index in [1.165, 1.54) is 186 Å². The first-order chi connectivity index (χ1) is 20.8. The van der Waals surface area contributed by atoms with Gasteiger partial charge in [-0.05, 0) is 19.3 Å². The third kappa shape index (κ3) is 32.0. The van der Waals surface area contributed by atoms with Gasteiger partial charge in [0.25, 0.3) is 0 Å². The molecule has 42 heavy (non-hydrogen) atoms. The van der Waals surface area contributed by atoms with E-state index in [2.05, 4.69) is 13.8 Å². The number of carbonyl (C=O) groups is 1. The topological polar surface area (TPSA) is 34.1 Å². The quantitative estimate of drug-likeness (QED) is 0.0316. The molecular weight excluding hydrogens is 512 g/mol. The molecule has 0 bridgehead atoms. The van der Waals surface area contributed by atoms with Gasteiger partial charge in [-0.25, -0.2) is 0 Å². The van der Waals surface area contributed by atoms with Gasteiger partial charge < -0.3 is 0 Å². The summed E-state index contributed by atoms with van der Waals surface area (Å²) in [6, 6.07) is 0. The van der Waals surface area contributed by atoms with Crippen LogP contribution in [0.4, 0.5) is 0 Å². The number of hydrogen-bond acceptors (Lipinski definition) is 2. The van der Waals surface area contributed by atoms with Crippen LogP contribution in [-0.4, -0.2) is 12.1 Å². The second-order valence-corrected chi connectivity index (χ2v) is 13.3. The number of unbranched alkanes of at least 4 members (excludes halogenated alkanes) is 31. The summed E-state index contributed by atoms with van der Waals surface area (Å²) in [5.41, 5.74) is 0.303. The zero-order valence-corrected chi connectivity index (χ0v) is 28.9. The minimum Gasteiger partial charge on any atom is -0.294 e. The Balaban J connectivity index is 3.45. The largest absolute Gasteiger partial charge is 0.294 e. The van der Waals surface area contributed by atoms with Gasteiger partial charge in [0.2, 0.25) is 6.29 Å². The first-order valence-electron chi connectivity index (χ1n) is 19.4. The van der Waals surface area contributed by atoms with Crippen LogP contribution in [0.3, 0.4) is 0 Å². The maximum Gasteiger partial charge on any atom is 0.236 e. The minimum atomic E-state index is 0.00641. The number of Topliss-reactive ketones (excluding diaryl/α,β-unsaturated/α-hetero) is 1. The van der Waals surface area contributed by atoms with Crippen LogP contribution in [0.25, 0.3) is 0 Å². The van der Waals surface area contributed by atoms with Crippen molar-refractivity contribution in [3.63, 3.8) is 0 Å². The standard InChI is InChI=1S/C40H75O2/c1-3-5-7-9-11-13-15-17-19-21-23-25-27-29-31-33-35-37-40(42)39(38-41)36-34-32-30-28-26-24-22-20-18-16-14-12-10-8-6-4-2/h36H,3-35,37H2,1-2H3. The Morgan fingerprint density at radius 1 is 0.405 bits per heavy atom. The van der Waals surface area contributed by atoms with E-state index in [0.717, 1.165) is 25.7 Å². The molecule has 0 unspecified atom stereocenters. The molecule has 2 heteroatoms. The van der Waals surface area contributed by atoms with E-state index in [1.807, 2.05) is 12.4 Å². The Morgan fingerprint density at radius 2 is 0.667 bits per heavy atom. The van der Waals surface area contributed by atoms with Crippen LogP contribution < -0.4 is 0 Å². The van der Waals surface area contributed by atoms with Crippen molar-refractivity contribution in [2.75, 3.05) is 0 Å². The van der Waals surface area contributed by atoms with Crippen molar-refractivity contribution in [2.45, 2.75) is 232 Å². The molecule has 247 valence electrons. The van der Waals surface area contributed by atoms with Crippen LogP contribution in [0.1, 0.15) is 232 Å². The second-order valence-electron chi connectivity index (χ2n) is 13.3. The van der Waals surface area contributed by atoms with Crippen molar-refractivity contribution in [3.8, 4) is 0 Å². The number of rotatable bonds is 36. The summed E-state index contributed by atoms with van der Waals surface area (Å²) in [5, 5.41) is 0. The van der Waals surface area contributed by atoms with Gasteiger partial charge in [-0.15, -0.1) is 0 Å². The Bertz CT molecular complexity index is 578. The van der Waals surface area contributed by atoms with E-state index < -0.39 is 0 Å². The van der Waals surface area contributed by atoms with Crippen molar-refractivity contribution in [2.24, 2.45) is 0 Å². The van der Waals surface area contributed by atoms with Crippen LogP contribution in [0.2, 0.25) is 0 Å². The van der Waals surface area contributed by atoms with Crippen molar-refractivity contribution >= 4 is 12.1 Å². The maximum absolute atomic E-state index is 12.4. The van der Waals surface area contributed by atoms with Crippen molar-refractivity contribution in [3.05, 3.63) is 11.6 Å². The molecule has 0 atom stereocenters. The lowest BCUT2D eigenvalue weighted by Gasteiger charge is -2.04. The highest BCUT2D eigenvalue weighted by Gasteiger charge is 2.09. The Kier molecular flexibility index (Phi) is 35.5. The zero-order valence-electron chi connectivity index (χ0n) is 28.9. The van der Waals surface area contributed by atoms with Gasteiger partial charge in [-0.2, -0.15) is 0 Å². The molecule has 0 aliphatic carbocycles. The molecule has 0 aromatic heterocycles. The van der Waals surface area contributed by atoms with Crippen molar-refractivity contribution in [1.82, 2.24) is 0 Å². The fourth-order valence-electron chi connectivity index (χ4n) is 6.12. The fraction of sp³-hybridized carbons (Fsp3) is 0.900. The van der Waals surface area contributed by atoms with E-state index >= 15 is 0 Å². The van der Waals surface area contributed by atoms with Gasteiger partial charge in [0, 0.05) is 6.42 Å². The summed E-state index contributed by atoms with van der Waals surface area (Å²) in [5.74, 6) is 0.00641. The monoisotopic (exact) mass is 588 g/mol. The van der Waals surface area contributed by atoms with Gasteiger partial charge in [0.15, 0.2) is 5.78 Å². The SMILES string of the molecule is CCCCCCCCCCCCCCCCCC=C([C]=O)C(=O)CCCCCCCCCCCCCCCCCCC. The second kappa shape index (κ2) is 36.3. The minimum absolute atomic E-state index is 0.00641. The maximum atomic E-state index is 12.4. The summed E-state index contributed by atoms with van der Waals surface area (Å²) >= 11 is 0. The van der Waals surface area contributed by atoms with Gasteiger partial charge in [0.05, 0.1) is 5.57 Å². The lowest BCUT2D eigenvalue weighted by atomic mass is 10.0. The normalized spacial score (nSPS) is 11.8. The highest BCUT2D eigenvalue weighted by Crippen LogP contribution is 2.16. The molecule has 0 spiro atoms. The van der Waals surface area contributed by atoms with Crippen LogP contribution >= 0.6 is 0 Å². The lowest BCUT2D eigenvalue weighted by Crippen LogP contribution is -2.03. The molecule has 0 heterocycles. The average Bonchev–Trinajstić information content (AvgIpc) is 3.00. The molecule has 0 rings (SSSR count). The lowest BCUT2D eigenvalue weighted by molar-refractivity contribution is -0.115. The molecule has 0 saturated carbocycles. The van der Waals surface area contributed by atoms with Crippen LogP contribution in [-0.2, 0) is 9.59 Å². The van der Waals surface area contributed by atoms with E-state index in [4.69, 9.17) is 0 Å². The van der Waals surface area contributed by atoms with Crippen molar-refractivity contribution in [1.29, 1.82) is 0 Å². The molecular formula is C40H75O2. The molecule has 0 amide bonds. The van der Waals surface area contributed by atoms with Crippen LogP contribution in [0, 0.1) is 0 Å². The summed E-state index contributed by atoms with van der Waals surface area (Å²) in [6.07, 6.45) is 48.3. The van der Waals surface area contributed by atoms with E-state index in [-0.39, 0.29) is 5.78 Å². The predicted octanol–water partition coefficient (Wildman–Crippen LogP) is 13.9. The molecule has 0 aromatic carbocycles. The third-order valence-electron chi connectivity index (χ3n) is 9.07. The number of allylic oxidation sites excluding steroid dienone is 2. The van der Waals surface area contributed by atoms with Crippen LogP contribution in [0.5, 0.6) is 0 Å². The average molecular weight is 588 g/mol. The first-order valence-corrected chi connectivity index (χ1v) is 19.4. The van der Waals surface area contributed by atoms with Gasteiger partial charge >= 0.3 is 0 Å². The molecule has 0 aliphatic rings. The van der Waals surface area contributed by atoms with Gasteiger partial charge in [-0.1, -0.05) is 213 Å². The van der Waals surface area contributed by atoms with Gasteiger partial charge in [-0.3, -0.25) is 9.59 Å². The number of ketones is 1. The zero-order chi connectivity index (χ0) is 30.6. The first kappa shape index (κ1) is 41.1. The number of carbonyl (C=O) groups excluding carboxylic acids is 2. The molecule has 1 radical (unpaired) electrons. The van der Waals surface area contributed by atoms with E-state index in [9.17, 15) is 9.59 Å². The summed E-state index contributed by atoms with van der Waals surface area (Å²) < 4.78 is 0. The number of hydrogen-bond donors (Lipinski definition) is 0. The molecule has 2 nitrogen and oxygen atoms in total. The molecule has 0 fully saturated rings. The molecule has 0 N–H and O–H groups in total. The Hall–Kier alpha value is -0.920. The van der Waals surface area contributed by atoms with E-state index in [1.54, 1.807) is 0 Å². The smallest absolute Gasteiger partial charge is 0.236 e. The Labute approximate surface area is 265 Å². The molecule has 0 aromatic rings. The summed E-state index contributed by atoms with van der Waals surface area (Å²) in [7, 11) is 0. The highest BCUT2D eigenvalue weighted by molar-refractivity contribution is 6.11. The Morgan fingerprint density at radius 3 is 0.952 bits per heavy atom. The van der Waals surface area contributed by atoms with Crippen molar-refractivity contribution < 1.29 is 9.59 Å². The fourth-order valence-corrected chi connectivity index (χ4v) is 6.12. The summed E-state index contributed by atoms with van der Waals surface area (Å²) in [6.45, 7) is 4.57. The van der Waals surface area contributed by atoms with Crippen LogP contribution in [0.15, 0.2) is 11.6 Å². The van der Waals surface area contributed by atoms with Gasteiger partial charge in [0.1, 0.15) is 0 Å². The third-order valence-corrected chi connectivity index (χ3v) is 9.07.